The molecule has 136 valence electrons. The number of carbonyl (C=O) groups is 1. The summed E-state index contributed by atoms with van der Waals surface area (Å²) in [6.07, 6.45) is 0.187. The summed E-state index contributed by atoms with van der Waals surface area (Å²) < 4.78 is 7.32. The highest BCUT2D eigenvalue weighted by molar-refractivity contribution is 5.79. The van der Waals surface area contributed by atoms with Crippen LogP contribution in [0.25, 0.3) is 11.0 Å². The van der Waals surface area contributed by atoms with Crippen molar-refractivity contribution in [3.8, 4) is 5.75 Å². The number of furan rings is 1. The van der Waals surface area contributed by atoms with Gasteiger partial charge in [0.2, 0.25) is 5.91 Å². The van der Waals surface area contributed by atoms with Crippen LogP contribution in [0.15, 0.2) is 51.7 Å². The minimum absolute atomic E-state index is 0.0642. The molecule has 3 rings (SSSR count). The molecule has 0 saturated heterocycles. The van der Waals surface area contributed by atoms with Crippen LogP contribution in [0, 0.1) is 6.92 Å². The quantitative estimate of drug-likeness (QED) is 0.763. The van der Waals surface area contributed by atoms with Gasteiger partial charge in [-0.25, -0.2) is 0 Å². The molecule has 3 aromatic rings. The largest absolute Gasteiger partial charge is 0.508 e. The Balaban J connectivity index is 1.70. The predicted molar refractivity (Wildman–Crippen MR) is 99.1 cm³/mol. The average molecular weight is 354 g/mol. The molecule has 2 heterocycles. The van der Waals surface area contributed by atoms with Gasteiger partial charge in [-0.2, -0.15) is 0 Å². The monoisotopic (exact) mass is 354 g/mol. The fourth-order valence-electron chi connectivity index (χ4n) is 3.00. The number of benzene rings is 1. The van der Waals surface area contributed by atoms with Crippen molar-refractivity contribution in [1.29, 1.82) is 0 Å². The molecule has 0 radical (unpaired) electrons. The van der Waals surface area contributed by atoms with E-state index >= 15 is 0 Å². The minimum Gasteiger partial charge on any atom is -0.508 e. The zero-order valence-corrected chi connectivity index (χ0v) is 15.1. The molecule has 0 spiro atoms. The SMILES string of the molecule is Cc1cc(O)cc(=O)n1CCC(=O)N(C)C(C)c1cc2ccccc2o1. The third-order valence-electron chi connectivity index (χ3n) is 4.70. The highest BCUT2D eigenvalue weighted by Gasteiger charge is 2.21. The van der Waals surface area contributed by atoms with E-state index in [2.05, 4.69) is 0 Å². The Kier molecular flexibility index (Phi) is 4.84. The van der Waals surface area contributed by atoms with E-state index in [0.717, 1.165) is 22.8 Å². The molecule has 1 unspecified atom stereocenters. The molecular formula is C20H22N2O4. The molecule has 6 heteroatoms. The van der Waals surface area contributed by atoms with Gasteiger partial charge in [-0.3, -0.25) is 9.59 Å². The van der Waals surface area contributed by atoms with Gasteiger partial charge in [-0.15, -0.1) is 0 Å². The molecule has 0 fully saturated rings. The van der Waals surface area contributed by atoms with Crippen LogP contribution in [0.3, 0.4) is 0 Å². The third-order valence-corrected chi connectivity index (χ3v) is 4.70. The van der Waals surface area contributed by atoms with E-state index in [1.165, 1.54) is 10.6 Å². The van der Waals surface area contributed by atoms with Crippen LogP contribution in [-0.2, 0) is 11.3 Å². The summed E-state index contributed by atoms with van der Waals surface area (Å²) in [4.78, 5) is 26.1. The fraction of sp³-hybridized carbons (Fsp3) is 0.300. The number of pyridine rings is 1. The number of para-hydroxylation sites is 1. The van der Waals surface area contributed by atoms with Crippen molar-refractivity contribution < 1.29 is 14.3 Å². The van der Waals surface area contributed by atoms with E-state index in [1.54, 1.807) is 18.9 Å². The molecule has 26 heavy (non-hydrogen) atoms. The molecule has 0 aliphatic carbocycles. The van der Waals surface area contributed by atoms with Gasteiger partial charge in [0, 0.05) is 37.2 Å². The standard InChI is InChI=1S/C20H22N2O4/c1-13-10-16(23)12-20(25)22(13)9-8-19(24)21(3)14(2)18-11-15-6-4-5-7-17(15)26-18/h4-7,10-12,14,23H,8-9H2,1-3H3. The van der Waals surface area contributed by atoms with Crippen molar-refractivity contribution >= 4 is 16.9 Å². The predicted octanol–water partition coefficient (Wildman–Crippen LogP) is 3.22. The third kappa shape index (κ3) is 3.49. The summed E-state index contributed by atoms with van der Waals surface area (Å²) in [5.74, 6) is 0.572. The van der Waals surface area contributed by atoms with Gasteiger partial charge in [-0.1, -0.05) is 18.2 Å². The Hall–Kier alpha value is -3.02. The molecule has 1 aromatic carbocycles. The van der Waals surface area contributed by atoms with Gasteiger partial charge < -0.3 is 19.0 Å². The second-order valence-electron chi connectivity index (χ2n) is 6.46. The number of fused-ring (bicyclic) bond motifs is 1. The van der Waals surface area contributed by atoms with E-state index in [9.17, 15) is 14.7 Å². The van der Waals surface area contributed by atoms with Crippen molar-refractivity contribution in [2.24, 2.45) is 0 Å². The van der Waals surface area contributed by atoms with Gasteiger partial charge in [0.1, 0.15) is 17.1 Å². The number of carbonyl (C=O) groups excluding carboxylic acids is 1. The number of aromatic nitrogens is 1. The maximum atomic E-state index is 12.6. The summed E-state index contributed by atoms with van der Waals surface area (Å²) in [5.41, 5.74) is 1.10. The summed E-state index contributed by atoms with van der Waals surface area (Å²) >= 11 is 0. The van der Waals surface area contributed by atoms with Crippen molar-refractivity contribution in [3.63, 3.8) is 0 Å². The maximum Gasteiger partial charge on any atom is 0.254 e. The molecule has 0 aliphatic rings. The first-order valence-electron chi connectivity index (χ1n) is 8.51. The van der Waals surface area contributed by atoms with Gasteiger partial charge >= 0.3 is 0 Å². The Morgan fingerprint density at radius 2 is 2.00 bits per heavy atom. The van der Waals surface area contributed by atoms with Gasteiger partial charge in [0.05, 0.1) is 6.04 Å². The van der Waals surface area contributed by atoms with Crippen molar-refractivity contribution in [2.45, 2.75) is 32.9 Å². The zero-order chi connectivity index (χ0) is 18.8. The lowest BCUT2D eigenvalue weighted by Gasteiger charge is -2.23. The first kappa shape index (κ1) is 17.8. The normalized spacial score (nSPS) is 12.3. The lowest BCUT2D eigenvalue weighted by Crippen LogP contribution is -2.31. The Bertz CT molecular complexity index is 969. The molecule has 2 aromatic heterocycles. The molecule has 0 aliphatic heterocycles. The highest BCUT2D eigenvalue weighted by atomic mass is 16.3. The summed E-state index contributed by atoms with van der Waals surface area (Å²) in [5, 5.41) is 10.4. The number of hydrogen-bond donors (Lipinski definition) is 1. The molecule has 6 nitrogen and oxygen atoms in total. The Labute approximate surface area is 151 Å². The second-order valence-corrected chi connectivity index (χ2v) is 6.46. The summed E-state index contributed by atoms with van der Waals surface area (Å²) in [7, 11) is 1.73. The molecule has 1 N–H and O–H groups in total. The van der Waals surface area contributed by atoms with E-state index < -0.39 is 0 Å². The number of rotatable bonds is 5. The Morgan fingerprint density at radius 3 is 2.69 bits per heavy atom. The summed E-state index contributed by atoms with van der Waals surface area (Å²) in [6, 6.07) is 12.1. The van der Waals surface area contributed by atoms with Crippen LogP contribution in [0.5, 0.6) is 5.75 Å². The molecule has 0 bridgehead atoms. The number of amides is 1. The van der Waals surface area contributed by atoms with Gasteiger partial charge in [0.15, 0.2) is 0 Å². The van der Waals surface area contributed by atoms with Gasteiger partial charge in [-0.05, 0) is 32.0 Å². The highest BCUT2D eigenvalue weighted by Crippen LogP contribution is 2.27. The van der Waals surface area contributed by atoms with E-state index in [4.69, 9.17) is 4.42 Å². The number of nitrogens with zero attached hydrogens (tertiary/aromatic N) is 2. The average Bonchev–Trinajstić information content (AvgIpc) is 3.03. The lowest BCUT2D eigenvalue weighted by molar-refractivity contribution is -0.132. The zero-order valence-electron chi connectivity index (χ0n) is 15.1. The van der Waals surface area contributed by atoms with E-state index in [-0.39, 0.29) is 36.2 Å². The smallest absolute Gasteiger partial charge is 0.254 e. The van der Waals surface area contributed by atoms with Crippen molar-refractivity contribution in [3.05, 3.63) is 64.3 Å². The minimum atomic E-state index is -0.316. The molecule has 1 atom stereocenters. The topological polar surface area (TPSA) is 75.7 Å². The first-order chi connectivity index (χ1) is 12.4. The van der Waals surface area contributed by atoms with Crippen LogP contribution >= 0.6 is 0 Å². The van der Waals surface area contributed by atoms with Crippen LogP contribution in [0.1, 0.15) is 30.8 Å². The number of aromatic hydroxyl groups is 1. The first-order valence-corrected chi connectivity index (χ1v) is 8.51. The van der Waals surface area contributed by atoms with Crippen LogP contribution in [-0.4, -0.2) is 27.5 Å². The Morgan fingerprint density at radius 1 is 1.27 bits per heavy atom. The molecular weight excluding hydrogens is 332 g/mol. The number of aryl methyl sites for hydroxylation is 1. The van der Waals surface area contributed by atoms with Crippen LogP contribution < -0.4 is 5.56 Å². The molecule has 0 saturated carbocycles. The fourth-order valence-corrected chi connectivity index (χ4v) is 3.00. The summed E-state index contributed by atoms with van der Waals surface area (Å²) in [6.45, 7) is 3.90. The molecule has 1 amide bonds. The van der Waals surface area contributed by atoms with Crippen LogP contribution in [0.4, 0.5) is 0 Å². The number of hydrogen-bond acceptors (Lipinski definition) is 4. The van der Waals surface area contributed by atoms with Crippen molar-refractivity contribution in [2.75, 3.05) is 7.05 Å². The second kappa shape index (κ2) is 7.07. The maximum absolute atomic E-state index is 12.6. The van der Waals surface area contributed by atoms with Crippen molar-refractivity contribution in [1.82, 2.24) is 9.47 Å². The lowest BCUT2D eigenvalue weighted by atomic mass is 10.2. The van der Waals surface area contributed by atoms with Gasteiger partial charge in [0.25, 0.3) is 5.56 Å². The van der Waals surface area contributed by atoms with E-state index in [0.29, 0.717) is 5.69 Å². The van der Waals surface area contributed by atoms with Crippen LogP contribution in [0.2, 0.25) is 0 Å². The van der Waals surface area contributed by atoms with E-state index in [1.807, 2.05) is 37.3 Å².